The number of carbonyl (C=O) groups is 2. The van der Waals surface area contributed by atoms with E-state index in [1.165, 1.54) is 16.2 Å². The Kier molecular flexibility index (Phi) is 7.67. The molecule has 1 aromatic carbocycles. The van der Waals surface area contributed by atoms with Gasteiger partial charge in [0.15, 0.2) is 0 Å². The van der Waals surface area contributed by atoms with Gasteiger partial charge in [0.1, 0.15) is 16.3 Å². The van der Waals surface area contributed by atoms with Gasteiger partial charge in [0.2, 0.25) is 5.91 Å². The molecule has 0 spiro atoms. The summed E-state index contributed by atoms with van der Waals surface area (Å²) in [5, 5.41) is 7.50. The number of furan rings is 1. The van der Waals surface area contributed by atoms with Gasteiger partial charge in [-0.1, -0.05) is 0 Å². The normalized spacial score (nSPS) is 13.0. The van der Waals surface area contributed by atoms with Crippen LogP contribution < -0.4 is 15.4 Å². The molecule has 0 atom stereocenters. The van der Waals surface area contributed by atoms with Gasteiger partial charge in [-0.05, 0) is 62.8 Å². The van der Waals surface area contributed by atoms with E-state index in [0.29, 0.717) is 41.7 Å². The number of carbonyl (C=O) groups excluding carboxylic acids is 2. The minimum atomic E-state index is -0.176. The quantitative estimate of drug-likeness (QED) is 0.419. The molecule has 0 radical (unpaired) electrons. The number of rotatable bonds is 10. The van der Waals surface area contributed by atoms with Crippen LogP contribution in [0.4, 0.5) is 5.00 Å². The van der Waals surface area contributed by atoms with Crippen LogP contribution in [0, 0.1) is 0 Å². The minimum absolute atomic E-state index is 0.125. The van der Waals surface area contributed by atoms with Crippen LogP contribution in [0.3, 0.4) is 0 Å². The molecular formula is C25H30N2O5S. The Bertz CT molecular complexity index is 1130. The molecule has 4 rings (SSSR count). The zero-order valence-electron chi connectivity index (χ0n) is 19.1. The number of hydrogen-bond donors (Lipinski definition) is 2. The fraction of sp³-hybridized carbons (Fsp3) is 0.440. The van der Waals surface area contributed by atoms with Gasteiger partial charge < -0.3 is 24.5 Å². The van der Waals surface area contributed by atoms with E-state index in [1.807, 2.05) is 25.1 Å². The maximum atomic E-state index is 13.0. The molecule has 0 saturated heterocycles. The molecule has 2 aromatic heterocycles. The summed E-state index contributed by atoms with van der Waals surface area (Å²) in [5.41, 5.74) is 3.20. The van der Waals surface area contributed by atoms with E-state index in [0.717, 1.165) is 48.6 Å². The molecule has 2 N–H and O–H groups in total. The molecule has 0 saturated carbocycles. The predicted molar refractivity (Wildman–Crippen MR) is 130 cm³/mol. The van der Waals surface area contributed by atoms with Gasteiger partial charge in [0.05, 0.1) is 25.4 Å². The number of anilines is 1. The maximum absolute atomic E-state index is 13.0. The first-order valence-corrected chi connectivity index (χ1v) is 12.3. The lowest BCUT2D eigenvalue weighted by atomic mass is 9.95. The number of hydrogen-bond acceptors (Lipinski definition) is 6. The Hall–Kier alpha value is -2.84. The highest BCUT2D eigenvalue weighted by Crippen LogP contribution is 2.38. The average molecular weight is 471 g/mol. The molecule has 8 heteroatoms. The molecule has 0 fully saturated rings. The van der Waals surface area contributed by atoms with Gasteiger partial charge in [0.25, 0.3) is 5.91 Å². The van der Waals surface area contributed by atoms with E-state index in [9.17, 15) is 9.59 Å². The number of methoxy groups -OCH3 is 1. The van der Waals surface area contributed by atoms with Crippen molar-refractivity contribution in [3.63, 3.8) is 0 Å². The first-order valence-electron chi connectivity index (χ1n) is 11.4. The Morgan fingerprint density at radius 2 is 2.06 bits per heavy atom. The van der Waals surface area contributed by atoms with Crippen LogP contribution in [-0.2, 0) is 28.8 Å². The van der Waals surface area contributed by atoms with Crippen LogP contribution in [0.25, 0.3) is 11.0 Å². The Labute approximate surface area is 197 Å². The van der Waals surface area contributed by atoms with Crippen LogP contribution in [0.5, 0.6) is 5.75 Å². The van der Waals surface area contributed by atoms with Crippen molar-refractivity contribution in [2.45, 2.75) is 45.4 Å². The lowest BCUT2D eigenvalue weighted by Crippen LogP contribution is -2.27. The zero-order valence-corrected chi connectivity index (χ0v) is 19.9. The largest absolute Gasteiger partial charge is 0.497 e. The molecule has 176 valence electrons. The van der Waals surface area contributed by atoms with Gasteiger partial charge in [0, 0.05) is 35.6 Å². The standard InChI is InChI=1S/C25H30N2O5S/c1-3-31-12-6-11-26-24(29)23-18-7-4-5-8-21(18)33-25(23)27-22(28)13-16-15-32-20-10-9-17(30-2)14-19(16)20/h9-10,14-15H,3-8,11-13H2,1-2H3,(H,26,29)(H,27,28). The van der Waals surface area contributed by atoms with Crippen LogP contribution in [0.1, 0.15) is 52.5 Å². The second-order valence-corrected chi connectivity index (χ2v) is 9.17. The fourth-order valence-corrected chi connectivity index (χ4v) is 5.47. The van der Waals surface area contributed by atoms with Crippen molar-refractivity contribution in [1.29, 1.82) is 0 Å². The molecule has 7 nitrogen and oxygen atoms in total. The summed E-state index contributed by atoms with van der Waals surface area (Å²) in [4.78, 5) is 27.2. The van der Waals surface area contributed by atoms with Crippen LogP contribution in [-0.4, -0.2) is 38.7 Å². The summed E-state index contributed by atoms with van der Waals surface area (Å²) in [5.74, 6) is 0.406. The average Bonchev–Trinajstić information content (AvgIpc) is 3.39. The van der Waals surface area contributed by atoms with Gasteiger partial charge >= 0.3 is 0 Å². The molecule has 1 aliphatic rings. The molecule has 0 unspecified atom stereocenters. The highest BCUT2D eigenvalue weighted by Gasteiger charge is 2.26. The second kappa shape index (κ2) is 10.9. The summed E-state index contributed by atoms with van der Waals surface area (Å²) in [6.45, 7) is 3.78. The molecular weight excluding hydrogens is 440 g/mol. The summed E-state index contributed by atoms with van der Waals surface area (Å²) < 4.78 is 16.2. The number of aryl methyl sites for hydroxylation is 1. The van der Waals surface area contributed by atoms with Crippen molar-refractivity contribution in [2.24, 2.45) is 0 Å². The number of benzene rings is 1. The second-order valence-electron chi connectivity index (χ2n) is 8.07. The third-order valence-electron chi connectivity index (χ3n) is 5.82. The Morgan fingerprint density at radius 1 is 1.21 bits per heavy atom. The van der Waals surface area contributed by atoms with E-state index in [4.69, 9.17) is 13.9 Å². The smallest absolute Gasteiger partial charge is 0.254 e. The van der Waals surface area contributed by atoms with E-state index in [2.05, 4.69) is 10.6 Å². The number of nitrogens with one attached hydrogen (secondary N) is 2. The Morgan fingerprint density at radius 3 is 2.88 bits per heavy atom. The molecule has 0 bridgehead atoms. The number of amides is 2. The summed E-state index contributed by atoms with van der Waals surface area (Å²) >= 11 is 1.53. The lowest BCUT2D eigenvalue weighted by molar-refractivity contribution is -0.115. The zero-order chi connectivity index (χ0) is 23.2. The molecule has 33 heavy (non-hydrogen) atoms. The van der Waals surface area contributed by atoms with Crippen molar-refractivity contribution in [3.05, 3.63) is 46.0 Å². The first kappa shape index (κ1) is 23.3. The molecule has 1 aliphatic carbocycles. The van der Waals surface area contributed by atoms with Gasteiger partial charge in [-0.2, -0.15) is 0 Å². The summed E-state index contributed by atoms with van der Waals surface area (Å²) in [6, 6.07) is 5.52. The number of thiophene rings is 1. The summed E-state index contributed by atoms with van der Waals surface area (Å²) in [7, 11) is 1.61. The highest BCUT2D eigenvalue weighted by molar-refractivity contribution is 7.17. The predicted octanol–water partition coefficient (Wildman–Crippen LogP) is 4.72. The van der Waals surface area contributed by atoms with E-state index < -0.39 is 0 Å². The SMILES string of the molecule is CCOCCCNC(=O)c1c(NC(=O)Cc2coc3ccc(OC)cc23)sc2c1CCCC2. The van der Waals surface area contributed by atoms with Crippen molar-refractivity contribution < 1.29 is 23.5 Å². The van der Waals surface area contributed by atoms with E-state index in [1.54, 1.807) is 13.4 Å². The van der Waals surface area contributed by atoms with E-state index >= 15 is 0 Å². The van der Waals surface area contributed by atoms with Crippen molar-refractivity contribution in [1.82, 2.24) is 5.32 Å². The third-order valence-corrected chi connectivity index (χ3v) is 7.03. The number of fused-ring (bicyclic) bond motifs is 2. The fourth-order valence-electron chi connectivity index (χ4n) is 4.17. The molecule has 2 amide bonds. The third kappa shape index (κ3) is 5.39. The highest BCUT2D eigenvalue weighted by atomic mass is 32.1. The van der Waals surface area contributed by atoms with Crippen molar-refractivity contribution >= 4 is 39.1 Å². The van der Waals surface area contributed by atoms with Crippen LogP contribution >= 0.6 is 11.3 Å². The molecule has 2 heterocycles. The van der Waals surface area contributed by atoms with Crippen molar-refractivity contribution in [3.8, 4) is 5.75 Å². The van der Waals surface area contributed by atoms with E-state index in [-0.39, 0.29) is 18.2 Å². The van der Waals surface area contributed by atoms with Gasteiger partial charge in [-0.15, -0.1) is 11.3 Å². The van der Waals surface area contributed by atoms with Gasteiger partial charge in [-0.25, -0.2) is 0 Å². The monoisotopic (exact) mass is 470 g/mol. The maximum Gasteiger partial charge on any atom is 0.254 e. The first-order chi connectivity index (χ1) is 16.1. The lowest BCUT2D eigenvalue weighted by Gasteiger charge is -2.13. The topological polar surface area (TPSA) is 89.8 Å². The van der Waals surface area contributed by atoms with Crippen molar-refractivity contribution in [2.75, 3.05) is 32.2 Å². The molecule has 0 aliphatic heterocycles. The molecule has 3 aromatic rings. The van der Waals surface area contributed by atoms with Crippen LogP contribution in [0.2, 0.25) is 0 Å². The minimum Gasteiger partial charge on any atom is -0.497 e. The van der Waals surface area contributed by atoms with Crippen LogP contribution in [0.15, 0.2) is 28.9 Å². The Balaban J connectivity index is 1.49. The number of ether oxygens (including phenoxy) is 2. The van der Waals surface area contributed by atoms with Gasteiger partial charge in [-0.3, -0.25) is 9.59 Å². The summed E-state index contributed by atoms with van der Waals surface area (Å²) in [6.07, 6.45) is 6.50.